The van der Waals surface area contributed by atoms with Gasteiger partial charge in [-0.05, 0) is 12.8 Å². The molecule has 0 N–H and O–H groups in total. The van der Waals surface area contributed by atoms with Crippen LogP contribution in [0.3, 0.4) is 0 Å². The lowest BCUT2D eigenvalue weighted by atomic mass is 9.97. The van der Waals surface area contributed by atoms with E-state index in [2.05, 4.69) is 5.29 Å². The Bertz CT molecular complexity index is 130. The Labute approximate surface area is 74.1 Å². The highest BCUT2D eigenvalue weighted by Crippen LogP contribution is 2.20. The van der Waals surface area contributed by atoms with Crippen LogP contribution in [0.25, 0.3) is 0 Å². The summed E-state index contributed by atoms with van der Waals surface area (Å²) in [6.45, 7) is 0. The third-order valence-corrected chi connectivity index (χ3v) is 2.73. The van der Waals surface area contributed by atoms with E-state index in [9.17, 15) is 4.91 Å². The average Bonchev–Trinajstić information content (AvgIpc) is 2.02. The predicted molar refractivity (Wildman–Crippen MR) is 49.7 cm³/mol. The summed E-state index contributed by atoms with van der Waals surface area (Å²) in [4.78, 5) is 10.3. The molecule has 1 fully saturated rings. The molecule has 1 aliphatic carbocycles. The average molecular weight is 170 g/mol. The van der Waals surface area contributed by atoms with Crippen LogP contribution >= 0.6 is 0 Å². The highest BCUT2D eigenvalue weighted by Gasteiger charge is 2.15. The van der Waals surface area contributed by atoms with Crippen LogP contribution in [0, 0.1) is 4.91 Å². The van der Waals surface area contributed by atoms with Gasteiger partial charge in [-0.25, -0.2) is 0 Å². The van der Waals surface area contributed by atoms with Crippen molar-refractivity contribution >= 4 is 0 Å². The Morgan fingerprint density at radius 2 is 1.58 bits per heavy atom. The third kappa shape index (κ3) is 2.80. The fourth-order valence-electron chi connectivity index (χ4n) is 1.87. The lowest BCUT2D eigenvalue weighted by Gasteiger charge is -2.24. The van der Waals surface area contributed by atoms with E-state index in [1.165, 1.54) is 32.1 Å². The van der Waals surface area contributed by atoms with E-state index in [-0.39, 0.29) is 0 Å². The van der Waals surface area contributed by atoms with E-state index in [0.29, 0.717) is 6.04 Å². The lowest BCUT2D eigenvalue weighted by molar-refractivity contribution is 0.208. The Kier molecular flexibility index (Phi) is 4.05. The van der Waals surface area contributed by atoms with Crippen molar-refractivity contribution in [3.63, 3.8) is 0 Å². The van der Waals surface area contributed by atoms with Crippen molar-refractivity contribution < 1.29 is 0 Å². The second-order valence-electron chi connectivity index (χ2n) is 3.65. The molecule has 0 radical (unpaired) electrons. The minimum Gasteiger partial charge on any atom is -0.261 e. The van der Waals surface area contributed by atoms with Gasteiger partial charge in [0.1, 0.15) is 0 Å². The van der Waals surface area contributed by atoms with Crippen molar-refractivity contribution in [1.29, 1.82) is 0 Å². The smallest absolute Gasteiger partial charge is 0.0523 e. The largest absolute Gasteiger partial charge is 0.261 e. The molecule has 0 saturated heterocycles. The summed E-state index contributed by atoms with van der Waals surface area (Å²) in [6, 6.07) is 0.405. The molecule has 3 heteroatoms. The van der Waals surface area contributed by atoms with Gasteiger partial charge in [-0.3, -0.25) is 5.01 Å². The van der Waals surface area contributed by atoms with Crippen molar-refractivity contribution in [3.05, 3.63) is 4.91 Å². The highest BCUT2D eigenvalue weighted by molar-refractivity contribution is 4.68. The minimum absolute atomic E-state index is 0.405. The van der Waals surface area contributed by atoms with Crippen molar-refractivity contribution in [1.82, 2.24) is 5.01 Å². The first kappa shape index (κ1) is 9.49. The quantitative estimate of drug-likeness (QED) is 0.471. The number of nitroso groups, excluding NO2 is 1. The maximum Gasteiger partial charge on any atom is 0.0523 e. The van der Waals surface area contributed by atoms with Crippen LogP contribution < -0.4 is 0 Å². The van der Waals surface area contributed by atoms with Gasteiger partial charge in [-0.2, -0.15) is 0 Å². The molecule has 0 atom stereocenters. The molecule has 0 aromatic heterocycles. The SMILES string of the molecule is CN(N=O)C1CCCCCCC1. The lowest BCUT2D eigenvalue weighted by Crippen LogP contribution is -2.27. The number of hydrogen-bond acceptors (Lipinski definition) is 2. The molecule has 0 aliphatic heterocycles. The summed E-state index contributed by atoms with van der Waals surface area (Å²) in [7, 11) is 1.79. The van der Waals surface area contributed by atoms with Gasteiger partial charge in [-0.1, -0.05) is 32.1 Å². The number of rotatable bonds is 2. The predicted octanol–water partition coefficient (Wildman–Crippen LogP) is 2.71. The standard InChI is InChI=1S/C9H18N2O/c1-11(10-12)9-7-5-3-2-4-6-8-9/h9H,2-8H2,1H3. The van der Waals surface area contributed by atoms with Gasteiger partial charge >= 0.3 is 0 Å². The monoisotopic (exact) mass is 170 g/mol. The van der Waals surface area contributed by atoms with Crippen LogP contribution in [0.15, 0.2) is 5.29 Å². The van der Waals surface area contributed by atoms with E-state index >= 15 is 0 Å². The van der Waals surface area contributed by atoms with E-state index in [1.807, 2.05) is 0 Å². The van der Waals surface area contributed by atoms with Crippen LogP contribution in [0.2, 0.25) is 0 Å². The summed E-state index contributed by atoms with van der Waals surface area (Å²) >= 11 is 0. The third-order valence-electron chi connectivity index (χ3n) is 2.73. The van der Waals surface area contributed by atoms with E-state index in [4.69, 9.17) is 0 Å². The Hall–Kier alpha value is -0.600. The first-order valence-electron chi connectivity index (χ1n) is 4.90. The summed E-state index contributed by atoms with van der Waals surface area (Å²) in [5.41, 5.74) is 0. The molecule has 0 amide bonds. The molecule has 0 heterocycles. The molecular weight excluding hydrogens is 152 g/mol. The highest BCUT2D eigenvalue weighted by atomic mass is 16.3. The number of nitrogens with zero attached hydrogens (tertiary/aromatic N) is 2. The normalized spacial score (nSPS) is 21.1. The van der Waals surface area contributed by atoms with Crippen molar-refractivity contribution in [3.8, 4) is 0 Å². The fraction of sp³-hybridized carbons (Fsp3) is 1.00. The zero-order valence-corrected chi connectivity index (χ0v) is 7.83. The van der Waals surface area contributed by atoms with Crippen LogP contribution in [0.4, 0.5) is 0 Å². The molecule has 0 unspecified atom stereocenters. The second kappa shape index (κ2) is 5.12. The Morgan fingerprint density at radius 3 is 2.08 bits per heavy atom. The van der Waals surface area contributed by atoms with Gasteiger partial charge in [0, 0.05) is 13.1 Å². The van der Waals surface area contributed by atoms with Gasteiger partial charge in [0.15, 0.2) is 0 Å². The molecule has 1 saturated carbocycles. The zero-order valence-electron chi connectivity index (χ0n) is 7.83. The summed E-state index contributed by atoms with van der Waals surface area (Å²) in [5, 5.41) is 4.56. The molecular formula is C9H18N2O. The van der Waals surface area contributed by atoms with Crippen molar-refractivity contribution in [2.45, 2.75) is 51.0 Å². The van der Waals surface area contributed by atoms with Crippen molar-refractivity contribution in [2.75, 3.05) is 7.05 Å². The molecule has 12 heavy (non-hydrogen) atoms. The molecule has 1 aliphatic rings. The van der Waals surface area contributed by atoms with Gasteiger partial charge in [0.05, 0.1) is 5.29 Å². The first-order valence-corrected chi connectivity index (χ1v) is 4.90. The molecule has 0 bridgehead atoms. The first-order chi connectivity index (χ1) is 5.84. The van der Waals surface area contributed by atoms with Crippen LogP contribution in [-0.4, -0.2) is 18.1 Å². The molecule has 0 aromatic carbocycles. The fourth-order valence-corrected chi connectivity index (χ4v) is 1.87. The Balaban J connectivity index is 2.33. The molecule has 70 valence electrons. The summed E-state index contributed by atoms with van der Waals surface area (Å²) < 4.78 is 0. The molecule has 0 aromatic rings. The molecule has 3 nitrogen and oxygen atoms in total. The van der Waals surface area contributed by atoms with Gasteiger partial charge in [0.2, 0.25) is 0 Å². The molecule has 0 spiro atoms. The second-order valence-corrected chi connectivity index (χ2v) is 3.65. The van der Waals surface area contributed by atoms with E-state index < -0.39 is 0 Å². The topological polar surface area (TPSA) is 32.7 Å². The maximum atomic E-state index is 10.3. The number of hydrogen-bond donors (Lipinski definition) is 0. The van der Waals surface area contributed by atoms with Crippen molar-refractivity contribution in [2.24, 2.45) is 5.29 Å². The zero-order chi connectivity index (χ0) is 8.81. The van der Waals surface area contributed by atoms with E-state index in [1.54, 1.807) is 12.1 Å². The maximum absolute atomic E-state index is 10.3. The molecule has 1 rings (SSSR count). The van der Waals surface area contributed by atoms with Gasteiger partial charge < -0.3 is 0 Å². The van der Waals surface area contributed by atoms with Crippen LogP contribution in [-0.2, 0) is 0 Å². The van der Waals surface area contributed by atoms with E-state index in [0.717, 1.165) is 12.8 Å². The Morgan fingerprint density at radius 1 is 1.08 bits per heavy atom. The summed E-state index contributed by atoms with van der Waals surface area (Å²) in [5.74, 6) is 0. The van der Waals surface area contributed by atoms with Crippen LogP contribution in [0.1, 0.15) is 44.9 Å². The van der Waals surface area contributed by atoms with Crippen LogP contribution in [0.5, 0.6) is 0 Å². The van der Waals surface area contributed by atoms with Gasteiger partial charge in [-0.15, -0.1) is 4.91 Å². The minimum atomic E-state index is 0.405. The van der Waals surface area contributed by atoms with Gasteiger partial charge in [0.25, 0.3) is 0 Å². The summed E-state index contributed by atoms with van der Waals surface area (Å²) in [6.07, 6.45) is 8.80.